The molecule has 2 aromatic carbocycles. The summed E-state index contributed by atoms with van der Waals surface area (Å²) in [6.07, 6.45) is 3.39. The molecule has 0 spiro atoms. The quantitative estimate of drug-likeness (QED) is 0.348. The molecular formula is C19H16O6. The number of allylic oxidation sites excluding steroid dienone is 1. The Morgan fingerprint density at radius 3 is 2.36 bits per heavy atom. The van der Waals surface area contributed by atoms with Crippen molar-refractivity contribution in [2.45, 2.75) is 6.92 Å². The minimum Gasteiger partial charge on any atom is -0.493 e. The van der Waals surface area contributed by atoms with Crippen molar-refractivity contribution in [1.29, 1.82) is 0 Å². The van der Waals surface area contributed by atoms with Crippen LogP contribution in [-0.2, 0) is 9.59 Å². The second-order valence-corrected chi connectivity index (χ2v) is 4.85. The molecular weight excluding hydrogens is 324 g/mol. The third-order valence-electron chi connectivity index (χ3n) is 3.14. The monoisotopic (exact) mass is 340 g/mol. The van der Waals surface area contributed by atoms with E-state index in [-0.39, 0.29) is 17.1 Å². The molecule has 0 aliphatic carbocycles. The van der Waals surface area contributed by atoms with Crippen LogP contribution in [0.15, 0.2) is 48.5 Å². The minimum atomic E-state index is -0.720. The summed E-state index contributed by atoms with van der Waals surface area (Å²) in [6.45, 7) is 1.24. The van der Waals surface area contributed by atoms with E-state index in [1.165, 1.54) is 38.3 Å². The van der Waals surface area contributed by atoms with Gasteiger partial charge < -0.3 is 14.2 Å². The van der Waals surface area contributed by atoms with Crippen LogP contribution in [0.5, 0.6) is 17.2 Å². The van der Waals surface area contributed by atoms with Crippen LogP contribution in [0.3, 0.4) is 0 Å². The van der Waals surface area contributed by atoms with Gasteiger partial charge in [0.15, 0.2) is 11.5 Å². The van der Waals surface area contributed by atoms with Gasteiger partial charge in [0.05, 0.1) is 7.11 Å². The summed E-state index contributed by atoms with van der Waals surface area (Å²) in [5.41, 5.74) is 0.582. The van der Waals surface area contributed by atoms with Crippen molar-refractivity contribution in [3.05, 3.63) is 59.7 Å². The van der Waals surface area contributed by atoms with Gasteiger partial charge in [-0.05, 0) is 30.4 Å². The molecule has 0 aromatic heterocycles. The molecule has 0 fully saturated rings. The predicted molar refractivity (Wildman–Crippen MR) is 90.8 cm³/mol. The number of carbonyl (C=O) groups is 3. The van der Waals surface area contributed by atoms with Crippen LogP contribution in [-0.4, -0.2) is 25.3 Å². The first kappa shape index (κ1) is 17.9. The summed E-state index contributed by atoms with van der Waals surface area (Å²) in [6, 6.07) is 11.2. The second-order valence-electron chi connectivity index (χ2n) is 4.85. The van der Waals surface area contributed by atoms with Gasteiger partial charge in [-0.25, -0.2) is 4.79 Å². The highest BCUT2D eigenvalue weighted by Crippen LogP contribution is 2.33. The lowest BCUT2D eigenvalue weighted by Gasteiger charge is -2.13. The van der Waals surface area contributed by atoms with E-state index in [9.17, 15) is 14.4 Å². The van der Waals surface area contributed by atoms with E-state index in [4.69, 9.17) is 14.2 Å². The van der Waals surface area contributed by atoms with Crippen LogP contribution in [0.2, 0.25) is 0 Å². The standard InChI is InChI=1S/C19H16O6/c1-13(21)24-16-10-4-3-9-15(16)19(22)25-18-14(8-6-12-20)7-5-11-17(18)23-2/h3-12H,1-2H3/b8-6+. The molecule has 0 unspecified atom stereocenters. The van der Waals surface area contributed by atoms with E-state index in [0.717, 1.165) is 0 Å². The van der Waals surface area contributed by atoms with Gasteiger partial charge in [0.2, 0.25) is 0 Å². The van der Waals surface area contributed by atoms with Crippen molar-refractivity contribution < 1.29 is 28.6 Å². The molecule has 128 valence electrons. The van der Waals surface area contributed by atoms with E-state index in [1.807, 2.05) is 0 Å². The van der Waals surface area contributed by atoms with Gasteiger partial charge in [-0.3, -0.25) is 9.59 Å². The van der Waals surface area contributed by atoms with Gasteiger partial charge in [-0.2, -0.15) is 0 Å². The van der Waals surface area contributed by atoms with E-state index >= 15 is 0 Å². The Morgan fingerprint density at radius 2 is 1.68 bits per heavy atom. The molecule has 0 aliphatic heterocycles. The number of carbonyl (C=O) groups excluding carboxylic acids is 3. The topological polar surface area (TPSA) is 78.9 Å². The minimum absolute atomic E-state index is 0.0916. The molecule has 0 aliphatic rings. The molecule has 25 heavy (non-hydrogen) atoms. The first-order valence-corrected chi connectivity index (χ1v) is 7.35. The Balaban J connectivity index is 2.40. The Hall–Kier alpha value is -3.41. The smallest absolute Gasteiger partial charge is 0.347 e. The number of hydrogen-bond donors (Lipinski definition) is 0. The Kier molecular flexibility index (Phi) is 6.06. The van der Waals surface area contributed by atoms with Crippen molar-refractivity contribution in [1.82, 2.24) is 0 Å². The first-order chi connectivity index (χ1) is 12.1. The fourth-order valence-corrected chi connectivity index (χ4v) is 2.10. The lowest BCUT2D eigenvalue weighted by atomic mass is 10.1. The van der Waals surface area contributed by atoms with Crippen molar-refractivity contribution in [3.8, 4) is 17.2 Å². The number of benzene rings is 2. The average molecular weight is 340 g/mol. The maximum Gasteiger partial charge on any atom is 0.347 e. The molecule has 0 heterocycles. The van der Waals surface area contributed by atoms with Gasteiger partial charge >= 0.3 is 11.9 Å². The first-order valence-electron chi connectivity index (χ1n) is 7.35. The SMILES string of the molecule is COc1cccc(/C=C/C=O)c1OC(=O)c1ccccc1OC(C)=O. The lowest BCUT2D eigenvalue weighted by molar-refractivity contribution is -0.131. The Labute approximate surface area is 144 Å². The van der Waals surface area contributed by atoms with Crippen LogP contribution in [0.1, 0.15) is 22.8 Å². The van der Waals surface area contributed by atoms with Gasteiger partial charge in [0.1, 0.15) is 17.6 Å². The summed E-state index contributed by atoms with van der Waals surface area (Å²) in [7, 11) is 1.44. The molecule has 0 bridgehead atoms. The third kappa shape index (κ3) is 4.54. The molecule has 0 radical (unpaired) electrons. The van der Waals surface area contributed by atoms with Gasteiger partial charge in [0, 0.05) is 12.5 Å². The number of methoxy groups -OCH3 is 1. The van der Waals surface area contributed by atoms with Crippen LogP contribution >= 0.6 is 0 Å². The fraction of sp³-hybridized carbons (Fsp3) is 0.105. The number of hydrogen-bond acceptors (Lipinski definition) is 6. The van der Waals surface area contributed by atoms with E-state index in [1.54, 1.807) is 30.3 Å². The molecule has 0 N–H and O–H groups in total. The molecule has 6 heteroatoms. The maximum atomic E-state index is 12.5. The Bertz CT molecular complexity index is 822. The zero-order chi connectivity index (χ0) is 18.2. The summed E-state index contributed by atoms with van der Waals surface area (Å²) >= 11 is 0. The van der Waals surface area contributed by atoms with Crippen LogP contribution in [0.25, 0.3) is 6.08 Å². The highest BCUT2D eigenvalue weighted by molar-refractivity contribution is 5.95. The molecule has 2 aromatic rings. The van der Waals surface area contributed by atoms with E-state index in [0.29, 0.717) is 17.6 Å². The van der Waals surface area contributed by atoms with Crippen molar-refractivity contribution in [2.75, 3.05) is 7.11 Å². The molecule has 0 amide bonds. The summed E-state index contributed by atoms with van der Waals surface area (Å²) in [4.78, 5) is 34.3. The fourth-order valence-electron chi connectivity index (χ4n) is 2.10. The number of aldehydes is 1. The van der Waals surface area contributed by atoms with E-state index in [2.05, 4.69) is 0 Å². The molecule has 6 nitrogen and oxygen atoms in total. The molecule has 0 saturated heterocycles. The molecule has 0 saturated carbocycles. The number of esters is 2. The van der Waals surface area contributed by atoms with E-state index < -0.39 is 11.9 Å². The zero-order valence-electron chi connectivity index (χ0n) is 13.7. The van der Waals surface area contributed by atoms with Crippen LogP contribution in [0.4, 0.5) is 0 Å². The summed E-state index contributed by atoms with van der Waals surface area (Å²) in [5.74, 6) is -0.689. The highest BCUT2D eigenvalue weighted by atomic mass is 16.6. The number of rotatable bonds is 6. The van der Waals surface area contributed by atoms with Gasteiger partial charge in [-0.1, -0.05) is 24.3 Å². The van der Waals surface area contributed by atoms with Gasteiger partial charge in [0.25, 0.3) is 0 Å². The third-order valence-corrected chi connectivity index (χ3v) is 3.14. The normalized spacial score (nSPS) is 10.3. The summed E-state index contributed by atoms with van der Waals surface area (Å²) < 4.78 is 15.7. The molecule has 0 atom stereocenters. The van der Waals surface area contributed by atoms with Crippen LogP contribution < -0.4 is 14.2 Å². The maximum absolute atomic E-state index is 12.5. The van der Waals surface area contributed by atoms with Crippen molar-refractivity contribution in [2.24, 2.45) is 0 Å². The number of ether oxygens (including phenoxy) is 3. The predicted octanol–water partition coefficient (Wildman–Crippen LogP) is 3.05. The largest absolute Gasteiger partial charge is 0.493 e. The Morgan fingerprint density at radius 1 is 0.960 bits per heavy atom. The highest BCUT2D eigenvalue weighted by Gasteiger charge is 2.19. The zero-order valence-corrected chi connectivity index (χ0v) is 13.7. The van der Waals surface area contributed by atoms with Crippen LogP contribution in [0, 0.1) is 0 Å². The molecule has 2 rings (SSSR count). The second kappa shape index (κ2) is 8.44. The van der Waals surface area contributed by atoms with Gasteiger partial charge in [-0.15, -0.1) is 0 Å². The average Bonchev–Trinajstić information content (AvgIpc) is 2.60. The van der Waals surface area contributed by atoms with Crippen molar-refractivity contribution in [3.63, 3.8) is 0 Å². The number of para-hydroxylation sites is 2. The lowest BCUT2D eigenvalue weighted by Crippen LogP contribution is -2.13. The summed E-state index contributed by atoms with van der Waals surface area (Å²) in [5, 5.41) is 0. The van der Waals surface area contributed by atoms with Crippen molar-refractivity contribution >= 4 is 24.3 Å².